The molecule has 0 atom stereocenters. The number of hydrogen-bond acceptors (Lipinski definition) is 3. The number of imidazole rings is 1. The van der Waals surface area contributed by atoms with E-state index in [1.807, 2.05) is 45.0 Å². The van der Waals surface area contributed by atoms with Crippen molar-refractivity contribution in [2.45, 2.75) is 27.2 Å². The summed E-state index contributed by atoms with van der Waals surface area (Å²) in [7, 11) is 0. The SMILES string of the molecule is Cc1ccc2nc(C(=O)Cc3nccc(C)c3C)[nH]c2c1. The van der Waals surface area contributed by atoms with Gasteiger partial charge in [0.15, 0.2) is 5.82 Å². The molecule has 4 nitrogen and oxygen atoms in total. The van der Waals surface area contributed by atoms with Gasteiger partial charge in [0.1, 0.15) is 0 Å². The normalized spacial score (nSPS) is 11.0. The molecule has 4 heteroatoms. The number of aromatic amines is 1. The fourth-order valence-corrected chi connectivity index (χ4v) is 2.36. The van der Waals surface area contributed by atoms with E-state index in [2.05, 4.69) is 15.0 Å². The van der Waals surface area contributed by atoms with Crippen LogP contribution in [0.15, 0.2) is 30.5 Å². The van der Waals surface area contributed by atoms with E-state index in [4.69, 9.17) is 0 Å². The van der Waals surface area contributed by atoms with E-state index < -0.39 is 0 Å². The Labute approximate surface area is 123 Å². The van der Waals surface area contributed by atoms with E-state index in [0.717, 1.165) is 33.4 Å². The molecular formula is C17H17N3O. The van der Waals surface area contributed by atoms with Crippen molar-refractivity contribution < 1.29 is 4.79 Å². The van der Waals surface area contributed by atoms with Crippen LogP contribution in [0.4, 0.5) is 0 Å². The van der Waals surface area contributed by atoms with Crippen molar-refractivity contribution in [2.75, 3.05) is 0 Å². The van der Waals surface area contributed by atoms with E-state index in [1.54, 1.807) is 6.20 Å². The van der Waals surface area contributed by atoms with Crippen LogP contribution in [0.3, 0.4) is 0 Å². The fraction of sp³-hybridized carbons (Fsp3) is 0.235. The zero-order chi connectivity index (χ0) is 15.0. The van der Waals surface area contributed by atoms with E-state index in [9.17, 15) is 4.79 Å². The molecule has 0 aliphatic carbocycles. The molecule has 0 fully saturated rings. The highest BCUT2D eigenvalue weighted by molar-refractivity contribution is 5.97. The Balaban J connectivity index is 1.91. The lowest BCUT2D eigenvalue weighted by atomic mass is 10.1. The molecule has 1 N–H and O–H groups in total. The second-order valence-electron chi connectivity index (χ2n) is 5.41. The summed E-state index contributed by atoms with van der Waals surface area (Å²) in [6, 6.07) is 7.86. The molecule has 0 spiro atoms. The number of pyridine rings is 1. The summed E-state index contributed by atoms with van der Waals surface area (Å²) in [5.41, 5.74) is 5.88. The van der Waals surface area contributed by atoms with Gasteiger partial charge in [-0.25, -0.2) is 4.98 Å². The molecule has 2 aromatic heterocycles. The van der Waals surface area contributed by atoms with Crippen molar-refractivity contribution in [1.82, 2.24) is 15.0 Å². The second kappa shape index (κ2) is 5.13. The molecule has 0 aliphatic rings. The van der Waals surface area contributed by atoms with Gasteiger partial charge in [-0.2, -0.15) is 0 Å². The Kier molecular flexibility index (Phi) is 3.29. The molecule has 106 valence electrons. The Hall–Kier alpha value is -2.49. The lowest BCUT2D eigenvalue weighted by Gasteiger charge is -2.05. The second-order valence-corrected chi connectivity index (χ2v) is 5.41. The fourth-order valence-electron chi connectivity index (χ4n) is 2.36. The van der Waals surface area contributed by atoms with Crippen LogP contribution in [-0.2, 0) is 6.42 Å². The van der Waals surface area contributed by atoms with E-state index in [-0.39, 0.29) is 12.2 Å². The number of rotatable bonds is 3. The molecule has 21 heavy (non-hydrogen) atoms. The van der Waals surface area contributed by atoms with Gasteiger partial charge >= 0.3 is 0 Å². The van der Waals surface area contributed by atoms with Gasteiger partial charge in [0.05, 0.1) is 23.1 Å². The third-order valence-electron chi connectivity index (χ3n) is 3.81. The maximum Gasteiger partial charge on any atom is 0.204 e. The topological polar surface area (TPSA) is 58.6 Å². The van der Waals surface area contributed by atoms with Crippen molar-refractivity contribution in [3.05, 3.63) is 58.7 Å². The number of nitrogens with one attached hydrogen (secondary N) is 1. The van der Waals surface area contributed by atoms with Gasteiger partial charge in [-0.15, -0.1) is 0 Å². The van der Waals surface area contributed by atoms with Crippen LogP contribution < -0.4 is 0 Å². The minimum atomic E-state index is -0.0370. The monoisotopic (exact) mass is 279 g/mol. The van der Waals surface area contributed by atoms with E-state index in [1.165, 1.54) is 0 Å². The summed E-state index contributed by atoms with van der Waals surface area (Å²) in [5, 5.41) is 0. The highest BCUT2D eigenvalue weighted by atomic mass is 16.1. The molecule has 0 saturated heterocycles. The molecule has 3 rings (SSSR count). The van der Waals surface area contributed by atoms with Crippen LogP contribution in [0.1, 0.15) is 33.0 Å². The Morgan fingerprint density at radius 1 is 1.19 bits per heavy atom. The number of aromatic nitrogens is 3. The van der Waals surface area contributed by atoms with E-state index >= 15 is 0 Å². The maximum atomic E-state index is 12.4. The standard InChI is InChI=1S/C17H17N3O/c1-10-4-5-13-15(8-10)20-17(19-13)16(21)9-14-12(3)11(2)6-7-18-14/h4-8H,9H2,1-3H3,(H,19,20). The molecular weight excluding hydrogens is 262 g/mol. The number of benzene rings is 1. The predicted molar refractivity (Wildman–Crippen MR) is 82.6 cm³/mol. The predicted octanol–water partition coefficient (Wildman–Crippen LogP) is 3.31. The molecule has 0 radical (unpaired) electrons. The van der Waals surface area contributed by atoms with Crippen molar-refractivity contribution in [3.63, 3.8) is 0 Å². The van der Waals surface area contributed by atoms with Crippen molar-refractivity contribution in [2.24, 2.45) is 0 Å². The van der Waals surface area contributed by atoms with Crippen molar-refractivity contribution in [3.8, 4) is 0 Å². The van der Waals surface area contributed by atoms with Crippen LogP contribution in [0.2, 0.25) is 0 Å². The Bertz CT molecular complexity index is 833. The summed E-state index contributed by atoms with van der Waals surface area (Å²) in [4.78, 5) is 24.2. The first kappa shape index (κ1) is 13.5. The zero-order valence-corrected chi connectivity index (χ0v) is 12.4. The smallest absolute Gasteiger partial charge is 0.204 e. The first-order chi connectivity index (χ1) is 10.0. The number of ketones is 1. The average Bonchev–Trinajstić information content (AvgIpc) is 2.87. The summed E-state index contributed by atoms with van der Waals surface area (Å²) < 4.78 is 0. The van der Waals surface area contributed by atoms with Crippen molar-refractivity contribution >= 4 is 16.8 Å². The third-order valence-corrected chi connectivity index (χ3v) is 3.81. The number of H-pyrrole nitrogens is 1. The van der Waals surface area contributed by atoms with E-state index in [0.29, 0.717) is 5.82 Å². The quantitative estimate of drug-likeness (QED) is 0.748. The molecule has 2 heterocycles. The molecule has 0 saturated carbocycles. The van der Waals surface area contributed by atoms with Crippen LogP contribution in [-0.4, -0.2) is 20.7 Å². The molecule has 0 amide bonds. The highest BCUT2D eigenvalue weighted by Crippen LogP contribution is 2.16. The molecule has 0 unspecified atom stereocenters. The number of carbonyl (C=O) groups excluding carboxylic acids is 1. The minimum absolute atomic E-state index is 0.0370. The zero-order valence-electron chi connectivity index (χ0n) is 12.4. The molecule has 3 aromatic rings. The maximum absolute atomic E-state index is 12.4. The van der Waals surface area contributed by atoms with Gasteiger partial charge in [-0.1, -0.05) is 6.07 Å². The molecule has 1 aromatic carbocycles. The van der Waals surface area contributed by atoms with Crippen LogP contribution >= 0.6 is 0 Å². The number of nitrogens with zero attached hydrogens (tertiary/aromatic N) is 2. The van der Waals surface area contributed by atoms with Gasteiger partial charge in [0.2, 0.25) is 5.78 Å². The number of carbonyl (C=O) groups is 1. The number of Topliss-reactive ketones (excluding diaryl/α,β-unsaturated/α-hetero) is 1. The number of aryl methyl sites for hydroxylation is 2. The Morgan fingerprint density at radius 3 is 2.81 bits per heavy atom. The van der Waals surface area contributed by atoms with Gasteiger partial charge < -0.3 is 4.98 Å². The van der Waals surface area contributed by atoms with Crippen molar-refractivity contribution in [1.29, 1.82) is 0 Å². The largest absolute Gasteiger partial charge is 0.335 e. The van der Waals surface area contributed by atoms with Crippen LogP contribution in [0.5, 0.6) is 0 Å². The van der Waals surface area contributed by atoms with Gasteiger partial charge in [-0.05, 0) is 55.7 Å². The molecule has 0 aliphatic heterocycles. The lowest BCUT2D eigenvalue weighted by molar-refractivity contribution is 0.0983. The van der Waals surface area contributed by atoms with Crippen LogP contribution in [0.25, 0.3) is 11.0 Å². The summed E-state index contributed by atoms with van der Waals surface area (Å²) in [5.74, 6) is 0.364. The number of fused-ring (bicyclic) bond motifs is 1. The van der Waals surface area contributed by atoms with Gasteiger partial charge in [-0.3, -0.25) is 9.78 Å². The highest BCUT2D eigenvalue weighted by Gasteiger charge is 2.14. The first-order valence-corrected chi connectivity index (χ1v) is 6.95. The first-order valence-electron chi connectivity index (χ1n) is 6.95. The third kappa shape index (κ3) is 2.57. The number of hydrogen-bond donors (Lipinski definition) is 1. The molecule has 0 bridgehead atoms. The van der Waals surface area contributed by atoms with Gasteiger partial charge in [0.25, 0.3) is 0 Å². The Morgan fingerprint density at radius 2 is 2.00 bits per heavy atom. The van der Waals surface area contributed by atoms with Crippen LogP contribution in [0, 0.1) is 20.8 Å². The summed E-state index contributed by atoms with van der Waals surface area (Å²) in [6.45, 7) is 6.03. The minimum Gasteiger partial charge on any atom is -0.335 e. The van der Waals surface area contributed by atoms with Gasteiger partial charge in [0, 0.05) is 6.20 Å². The lowest BCUT2D eigenvalue weighted by Crippen LogP contribution is -2.09. The summed E-state index contributed by atoms with van der Waals surface area (Å²) >= 11 is 0. The summed E-state index contributed by atoms with van der Waals surface area (Å²) in [6.07, 6.45) is 2.01. The average molecular weight is 279 g/mol.